The predicted molar refractivity (Wildman–Crippen MR) is 117 cm³/mol. The molecular weight excluding hydrogens is 452 g/mol. The number of amides is 5. The first-order chi connectivity index (χ1) is 15.6. The Labute approximate surface area is 196 Å². The van der Waals surface area contributed by atoms with Crippen LogP contribution in [0.5, 0.6) is 0 Å². The Morgan fingerprint density at radius 1 is 1.24 bits per heavy atom. The fraction of sp³-hybridized carbons (Fsp3) is 0.500. The molecule has 1 aromatic rings. The molecule has 0 radical (unpaired) electrons. The van der Waals surface area contributed by atoms with Crippen LogP contribution in [0.2, 0.25) is 5.02 Å². The van der Waals surface area contributed by atoms with Gasteiger partial charge in [0.1, 0.15) is 5.54 Å². The molecule has 1 aromatic carbocycles. The highest BCUT2D eigenvalue weighted by Crippen LogP contribution is 2.35. The molecule has 1 saturated carbocycles. The maximum absolute atomic E-state index is 12.8. The van der Waals surface area contributed by atoms with Crippen LogP contribution >= 0.6 is 11.6 Å². The summed E-state index contributed by atoms with van der Waals surface area (Å²) in [5.74, 6) is -2.00. The number of hydrazine groups is 1. The lowest BCUT2D eigenvalue weighted by molar-refractivity contribution is -0.151. The van der Waals surface area contributed by atoms with Gasteiger partial charge in [-0.25, -0.2) is 4.79 Å². The van der Waals surface area contributed by atoms with Crippen LogP contribution in [0.15, 0.2) is 24.3 Å². The molecule has 2 aliphatic rings. The van der Waals surface area contributed by atoms with Crippen LogP contribution in [0.4, 0.5) is 4.79 Å². The number of carbonyl (C=O) groups is 5. The summed E-state index contributed by atoms with van der Waals surface area (Å²) >= 11 is 6.16. The van der Waals surface area contributed by atoms with Crippen molar-refractivity contribution >= 4 is 41.3 Å². The van der Waals surface area contributed by atoms with Crippen molar-refractivity contribution in [2.45, 2.75) is 57.5 Å². The smallest absolute Gasteiger partial charge is 0.344 e. The van der Waals surface area contributed by atoms with Crippen molar-refractivity contribution in [2.75, 3.05) is 6.61 Å². The van der Waals surface area contributed by atoms with Gasteiger partial charge in [-0.2, -0.15) is 5.01 Å². The molecule has 1 unspecified atom stereocenters. The molecule has 1 aliphatic carbocycles. The molecular formula is C22H27ClN4O6. The monoisotopic (exact) mass is 478 g/mol. The van der Waals surface area contributed by atoms with Crippen molar-refractivity contribution < 1.29 is 28.7 Å². The summed E-state index contributed by atoms with van der Waals surface area (Å²) in [4.78, 5) is 61.1. The molecule has 178 valence electrons. The first kappa shape index (κ1) is 24.5. The Bertz CT molecular complexity index is 960. The zero-order valence-corrected chi connectivity index (χ0v) is 19.2. The molecule has 3 N–H and O–H groups in total. The molecule has 10 nitrogen and oxygen atoms in total. The third-order valence-electron chi connectivity index (χ3n) is 5.92. The number of benzene rings is 1. The van der Waals surface area contributed by atoms with Gasteiger partial charge in [0.2, 0.25) is 5.91 Å². The van der Waals surface area contributed by atoms with E-state index in [1.165, 1.54) is 6.92 Å². The molecule has 1 saturated heterocycles. The van der Waals surface area contributed by atoms with Gasteiger partial charge in [0.05, 0.1) is 12.5 Å². The van der Waals surface area contributed by atoms with Gasteiger partial charge in [0, 0.05) is 11.9 Å². The van der Waals surface area contributed by atoms with Crippen molar-refractivity contribution in [1.82, 2.24) is 21.1 Å². The van der Waals surface area contributed by atoms with Crippen molar-refractivity contribution in [2.24, 2.45) is 5.92 Å². The lowest BCUT2D eigenvalue weighted by Crippen LogP contribution is -2.52. The quantitative estimate of drug-likeness (QED) is 0.405. The number of rotatable bonds is 7. The highest BCUT2D eigenvalue weighted by molar-refractivity contribution is 6.31. The maximum atomic E-state index is 12.8. The molecule has 11 heteroatoms. The highest BCUT2D eigenvalue weighted by Gasteiger charge is 2.52. The van der Waals surface area contributed by atoms with Gasteiger partial charge >= 0.3 is 12.0 Å². The number of esters is 1. The molecule has 1 atom stereocenters. The third kappa shape index (κ3) is 5.81. The topological polar surface area (TPSA) is 134 Å². The number of carbonyl (C=O) groups excluding carboxylic acids is 5. The minimum atomic E-state index is -0.992. The standard InChI is InChI=1S/C22H27ClN4O6/c1-13-7-9-22(10-8-13)20(31)27(21(32)25-22)26-18(29)12-33-19(30)11-17(24-14(2)28)15-5-3-4-6-16(15)23/h3-6,13,17H,7-12H2,1-2H3,(H,24,28)(H,25,32)(H,26,29). The van der Waals surface area contributed by atoms with E-state index in [4.69, 9.17) is 16.3 Å². The second-order valence-corrected chi connectivity index (χ2v) is 8.92. The Balaban J connectivity index is 1.54. The molecule has 5 amide bonds. The summed E-state index contributed by atoms with van der Waals surface area (Å²) < 4.78 is 4.99. The number of imide groups is 1. The molecule has 1 spiro atoms. The van der Waals surface area contributed by atoms with E-state index >= 15 is 0 Å². The van der Waals surface area contributed by atoms with Gasteiger partial charge in [-0.1, -0.05) is 36.7 Å². The van der Waals surface area contributed by atoms with Crippen LogP contribution in [-0.4, -0.2) is 46.9 Å². The van der Waals surface area contributed by atoms with Crippen molar-refractivity contribution in [3.05, 3.63) is 34.9 Å². The van der Waals surface area contributed by atoms with E-state index in [9.17, 15) is 24.0 Å². The summed E-state index contributed by atoms with van der Waals surface area (Å²) in [6, 6.07) is 5.27. The van der Waals surface area contributed by atoms with Crippen LogP contribution < -0.4 is 16.1 Å². The zero-order valence-electron chi connectivity index (χ0n) is 18.5. The SMILES string of the molecule is CC(=O)NC(CC(=O)OCC(=O)NN1C(=O)NC2(CCC(C)CC2)C1=O)c1ccccc1Cl. The van der Waals surface area contributed by atoms with Gasteiger partial charge in [0.15, 0.2) is 6.61 Å². The van der Waals surface area contributed by atoms with Crippen LogP contribution in [0.25, 0.3) is 0 Å². The maximum Gasteiger partial charge on any atom is 0.344 e. The van der Waals surface area contributed by atoms with Gasteiger partial charge < -0.3 is 15.4 Å². The fourth-order valence-electron chi connectivity index (χ4n) is 4.09. The summed E-state index contributed by atoms with van der Waals surface area (Å²) in [6.45, 7) is 2.69. The van der Waals surface area contributed by atoms with Crippen molar-refractivity contribution in [3.8, 4) is 0 Å². The third-order valence-corrected chi connectivity index (χ3v) is 6.26. The summed E-state index contributed by atoms with van der Waals surface area (Å²) in [5, 5.41) is 6.34. The molecule has 3 rings (SSSR count). The molecule has 0 aromatic heterocycles. The molecule has 1 aliphatic heterocycles. The van der Waals surface area contributed by atoms with Crippen molar-refractivity contribution in [3.63, 3.8) is 0 Å². The molecule has 2 fully saturated rings. The minimum absolute atomic E-state index is 0.263. The van der Waals surface area contributed by atoms with Crippen LogP contribution in [0, 0.1) is 5.92 Å². The number of urea groups is 1. The molecule has 33 heavy (non-hydrogen) atoms. The number of hydrogen-bond acceptors (Lipinski definition) is 6. The van der Waals surface area contributed by atoms with E-state index in [2.05, 4.69) is 23.0 Å². The Hall–Kier alpha value is -3.14. The van der Waals surface area contributed by atoms with E-state index in [0.29, 0.717) is 34.4 Å². The lowest BCUT2D eigenvalue weighted by Gasteiger charge is -2.33. The van der Waals surface area contributed by atoms with E-state index in [1.807, 2.05) is 0 Å². The first-order valence-corrected chi connectivity index (χ1v) is 11.1. The largest absolute Gasteiger partial charge is 0.455 e. The predicted octanol–water partition coefficient (Wildman–Crippen LogP) is 1.98. The van der Waals surface area contributed by atoms with E-state index in [1.54, 1.807) is 24.3 Å². The number of hydrogen-bond donors (Lipinski definition) is 3. The minimum Gasteiger partial charge on any atom is -0.455 e. The number of halogens is 1. The lowest BCUT2D eigenvalue weighted by atomic mass is 9.77. The van der Waals surface area contributed by atoms with E-state index < -0.39 is 42.0 Å². The van der Waals surface area contributed by atoms with Gasteiger partial charge in [-0.05, 0) is 43.2 Å². The normalized spacial score (nSPS) is 23.1. The fourth-order valence-corrected chi connectivity index (χ4v) is 4.35. The zero-order chi connectivity index (χ0) is 24.2. The second-order valence-electron chi connectivity index (χ2n) is 8.51. The van der Waals surface area contributed by atoms with Crippen LogP contribution in [0.3, 0.4) is 0 Å². The summed E-state index contributed by atoms with van der Waals surface area (Å²) in [6.07, 6.45) is 2.35. The Kier molecular flexibility index (Phi) is 7.57. The first-order valence-electron chi connectivity index (χ1n) is 10.7. The molecule has 1 heterocycles. The van der Waals surface area contributed by atoms with Crippen molar-refractivity contribution in [1.29, 1.82) is 0 Å². The average molecular weight is 479 g/mol. The van der Waals surface area contributed by atoms with Crippen LogP contribution in [0.1, 0.15) is 57.6 Å². The average Bonchev–Trinajstić information content (AvgIpc) is 2.98. The number of nitrogens with one attached hydrogen (secondary N) is 3. The molecule has 0 bridgehead atoms. The van der Waals surface area contributed by atoms with Gasteiger partial charge in [0.25, 0.3) is 11.8 Å². The Morgan fingerprint density at radius 2 is 1.91 bits per heavy atom. The van der Waals surface area contributed by atoms with Gasteiger partial charge in [-0.15, -0.1) is 0 Å². The number of nitrogens with zero attached hydrogens (tertiary/aromatic N) is 1. The summed E-state index contributed by atoms with van der Waals surface area (Å²) in [5.41, 5.74) is 1.75. The highest BCUT2D eigenvalue weighted by atomic mass is 35.5. The van der Waals surface area contributed by atoms with E-state index in [0.717, 1.165) is 12.8 Å². The van der Waals surface area contributed by atoms with Gasteiger partial charge in [-0.3, -0.25) is 24.6 Å². The number of ether oxygens (including phenoxy) is 1. The summed E-state index contributed by atoms with van der Waals surface area (Å²) in [7, 11) is 0. The van der Waals surface area contributed by atoms with E-state index in [-0.39, 0.29) is 12.3 Å². The second kappa shape index (κ2) is 10.2. The Morgan fingerprint density at radius 3 is 2.55 bits per heavy atom. The van der Waals surface area contributed by atoms with Crippen LogP contribution in [-0.2, 0) is 23.9 Å².